The number of hydrogen-bond donors (Lipinski definition) is 2. The lowest BCUT2D eigenvalue weighted by molar-refractivity contribution is 0.288. The molecule has 0 aliphatic rings. The normalized spacial score (nSPS) is 11.1. The van der Waals surface area contributed by atoms with Crippen molar-refractivity contribution < 1.29 is 5.11 Å². The molecule has 0 aliphatic carbocycles. The summed E-state index contributed by atoms with van der Waals surface area (Å²) in [7, 11) is 0. The maximum absolute atomic E-state index is 9.08. The van der Waals surface area contributed by atoms with Crippen LogP contribution in [-0.2, 0) is 6.54 Å². The molecule has 1 aromatic rings. The minimum Gasteiger partial charge on any atom is -0.396 e. The maximum Gasteiger partial charge on any atom is 0.0643 e. The van der Waals surface area contributed by atoms with E-state index >= 15 is 0 Å². The van der Waals surface area contributed by atoms with Crippen molar-refractivity contribution in [1.29, 1.82) is 0 Å². The van der Waals surface area contributed by atoms with Gasteiger partial charge in [-0.05, 0) is 44.9 Å². The topological polar surface area (TPSA) is 35.5 Å². The Morgan fingerprint density at radius 2 is 2.10 bits per heavy atom. The summed E-state index contributed by atoms with van der Waals surface area (Å²) in [5, 5.41) is 13.3. The predicted octanol–water partition coefficient (Wildman–Crippen LogP) is 3.44. The van der Waals surface area contributed by atoms with Crippen molar-refractivity contribution in [2.45, 2.75) is 46.2 Å². The van der Waals surface area contributed by atoms with Crippen molar-refractivity contribution in [2.75, 3.05) is 24.6 Å². The fourth-order valence-corrected chi connectivity index (χ4v) is 2.60. The second-order valence-corrected chi connectivity index (χ2v) is 5.70. The molecule has 114 valence electrons. The molecule has 0 radical (unpaired) electrons. The van der Waals surface area contributed by atoms with Crippen LogP contribution in [0.3, 0.4) is 0 Å². The highest BCUT2D eigenvalue weighted by Gasteiger charge is 2.17. The lowest BCUT2D eigenvalue weighted by atomic mass is 10.1. The molecule has 2 N–H and O–H groups in total. The quantitative estimate of drug-likeness (QED) is 0.686. The van der Waals surface area contributed by atoms with Gasteiger partial charge in [0.15, 0.2) is 0 Å². The number of benzene rings is 1. The average molecular weight is 299 g/mol. The maximum atomic E-state index is 9.08. The zero-order valence-corrected chi connectivity index (χ0v) is 13.6. The van der Waals surface area contributed by atoms with Gasteiger partial charge in [-0.15, -0.1) is 0 Å². The van der Waals surface area contributed by atoms with E-state index in [1.54, 1.807) is 0 Å². The number of aliphatic hydroxyl groups is 1. The van der Waals surface area contributed by atoms with E-state index in [0.717, 1.165) is 43.2 Å². The third-order valence-corrected chi connectivity index (χ3v) is 3.59. The minimum atomic E-state index is 0.205. The lowest BCUT2D eigenvalue weighted by Gasteiger charge is -2.32. The monoisotopic (exact) mass is 298 g/mol. The lowest BCUT2D eigenvalue weighted by Crippen LogP contribution is -2.33. The second kappa shape index (κ2) is 9.22. The van der Waals surface area contributed by atoms with Crippen LogP contribution in [0.5, 0.6) is 0 Å². The van der Waals surface area contributed by atoms with Crippen LogP contribution in [0, 0.1) is 0 Å². The van der Waals surface area contributed by atoms with Gasteiger partial charge in [0, 0.05) is 25.7 Å². The molecular formula is C16H27ClN2O. The van der Waals surface area contributed by atoms with Gasteiger partial charge in [0.1, 0.15) is 0 Å². The van der Waals surface area contributed by atoms with E-state index in [1.165, 1.54) is 5.56 Å². The Hall–Kier alpha value is -0.770. The summed E-state index contributed by atoms with van der Waals surface area (Å²) in [5.74, 6) is 0. The van der Waals surface area contributed by atoms with Crippen molar-refractivity contribution in [3.63, 3.8) is 0 Å². The number of halogens is 1. The number of para-hydroxylation sites is 1. The molecule has 3 nitrogen and oxygen atoms in total. The molecule has 0 saturated heterocycles. The van der Waals surface area contributed by atoms with Crippen LogP contribution in [0.25, 0.3) is 0 Å². The van der Waals surface area contributed by atoms with Crippen LogP contribution < -0.4 is 10.2 Å². The number of rotatable bonds is 9. The number of anilines is 1. The third-order valence-electron chi connectivity index (χ3n) is 3.28. The zero-order chi connectivity index (χ0) is 15.0. The van der Waals surface area contributed by atoms with E-state index < -0.39 is 0 Å². The number of nitrogens with one attached hydrogen (secondary N) is 1. The molecule has 0 saturated carbocycles. The Balaban J connectivity index is 2.98. The van der Waals surface area contributed by atoms with Crippen molar-refractivity contribution in [3.8, 4) is 0 Å². The smallest absolute Gasteiger partial charge is 0.0643 e. The SMILES string of the molecule is CCCNCc1cccc(Cl)c1N(CCCO)C(C)C. The Bertz CT molecular complexity index is 396. The second-order valence-electron chi connectivity index (χ2n) is 5.29. The molecule has 0 bridgehead atoms. The van der Waals surface area contributed by atoms with Gasteiger partial charge >= 0.3 is 0 Å². The van der Waals surface area contributed by atoms with Crippen LogP contribution in [0.4, 0.5) is 5.69 Å². The zero-order valence-electron chi connectivity index (χ0n) is 12.8. The Morgan fingerprint density at radius 3 is 2.70 bits per heavy atom. The van der Waals surface area contributed by atoms with Gasteiger partial charge in [0.2, 0.25) is 0 Å². The van der Waals surface area contributed by atoms with Gasteiger partial charge in [-0.2, -0.15) is 0 Å². The highest BCUT2D eigenvalue weighted by atomic mass is 35.5. The van der Waals surface area contributed by atoms with Crippen LogP contribution >= 0.6 is 11.6 Å². The summed E-state index contributed by atoms with van der Waals surface area (Å²) in [6.07, 6.45) is 1.87. The van der Waals surface area contributed by atoms with Gasteiger partial charge in [0.05, 0.1) is 10.7 Å². The first-order chi connectivity index (χ1) is 9.61. The summed E-state index contributed by atoms with van der Waals surface area (Å²) in [6, 6.07) is 6.41. The van der Waals surface area contributed by atoms with Gasteiger partial charge in [-0.3, -0.25) is 0 Å². The molecule has 1 rings (SSSR count). The van der Waals surface area contributed by atoms with E-state index in [1.807, 2.05) is 12.1 Å². The molecule has 4 heteroatoms. The Morgan fingerprint density at radius 1 is 1.35 bits per heavy atom. The first-order valence-corrected chi connectivity index (χ1v) is 7.85. The third kappa shape index (κ3) is 4.97. The van der Waals surface area contributed by atoms with Gasteiger partial charge in [-0.1, -0.05) is 30.7 Å². The first kappa shape index (κ1) is 17.3. The molecule has 0 spiro atoms. The van der Waals surface area contributed by atoms with Crippen LogP contribution in [-0.4, -0.2) is 30.8 Å². The van der Waals surface area contributed by atoms with E-state index in [4.69, 9.17) is 16.7 Å². The highest BCUT2D eigenvalue weighted by Crippen LogP contribution is 2.31. The van der Waals surface area contributed by atoms with Crippen LogP contribution in [0.1, 0.15) is 39.2 Å². The number of aliphatic hydroxyl groups excluding tert-OH is 1. The number of hydrogen-bond acceptors (Lipinski definition) is 3. The molecule has 1 aromatic carbocycles. The van der Waals surface area contributed by atoms with Crippen LogP contribution in [0.2, 0.25) is 5.02 Å². The van der Waals surface area contributed by atoms with E-state index in [9.17, 15) is 0 Å². The summed E-state index contributed by atoms with van der Waals surface area (Å²) >= 11 is 6.43. The van der Waals surface area contributed by atoms with Crippen LogP contribution in [0.15, 0.2) is 18.2 Å². The van der Waals surface area contributed by atoms with Gasteiger partial charge in [0.25, 0.3) is 0 Å². The molecule has 0 heterocycles. The molecule has 20 heavy (non-hydrogen) atoms. The van der Waals surface area contributed by atoms with Crippen molar-refractivity contribution in [1.82, 2.24) is 5.32 Å². The molecular weight excluding hydrogens is 272 g/mol. The molecule has 0 fully saturated rings. The Labute approximate surface area is 127 Å². The fourth-order valence-electron chi connectivity index (χ4n) is 2.29. The largest absolute Gasteiger partial charge is 0.396 e. The van der Waals surface area contributed by atoms with Gasteiger partial charge < -0.3 is 15.3 Å². The standard InChI is InChI=1S/C16H27ClN2O/c1-4-9-18-12-14-7-5-8-15(17)16(14)19(13(2)3)10-6-11-20/h5,7-8,13,18,20H,4,6,9-12H2,1-3H3. The molecule has 0 aromatic heterocycles. The van der Waals surface area contributed by atoms with E-state index in [-0.39, 0.29) is 6.61 Å². The average Bonchev–Trinajstić information content (AvgIpc) is 2.41. The fraction of sp³-hybridized carbons (Fsp3) is 0.625. The van der Waals surface area contributed by atoms with Crippen molar-refractivity contribution in [2.24, 2.45) is 0 Å². The van der Waals surface area contributed by atoms with E-state index in [2.05, 4.69) is 37.1 Å². The van der Waals surface area contributed by atoms with E-state index in [0.29, 0.717) is 6.04 Å². The molecule has 0 atom stereocenters. The molecule has 0 amide bonds. The molecule has 0 aliphatic heterocycles. The van der Waals surface area contributed by atoms with Crippen molar-refractivity contribution >= 4 is 17.3 Å². The predicted molar refractivity (Wildman–Crippen MR) is 87.6 cm³/mol. The molecule has 0 unspecified atom stereocenters. The summed E-state index contributed by atoms with van der Waals surface area (Å²) in [6.45, 7) is 9.33. The summed E-state index contributed by atoms with van der Waals surface area (Å²) in [5.41, 5.74) is 2.32. The summed E-state index contributed by atoms with van der Waals surface area (Å²) in [4.78, 5) is 2.28. The summed E-state index contributed by atoms with van der Waals surface area (Å²) < 4.78 is 0. The minimum absolute atomic E-state index is 0.205. The van der Waals surface area contributed by atoms with Crippen molar-refractivity contribution in [3.05, 3.63) is 28.8 Å². The highest BCUT2D eigenvalue weighted by molar-refractivity contribution is 6.33. The van der Waals surface area contributed by atoms with Gasteiger partial charge in [-0.25, -0.2) is 0 Å². The Kier molecular flexibility index (Phi) is 7.97. The first-order valence-electron chi connectivity index (χ1n) is 7.47. The number of nitrogens with zero attached hydrogens (tertiary/aromatic N) is 1.